The number of piperidine rings is 1. The van der Waals surface area contributed by atoms with E-state index in [1.165, 1.54) is 9.47 Å². The van der Waals surface area contributed by atoms with Crippen LogP contribution in [0.2, 0.25) is 0 Å². The minimum Gasteiger partial charge on any atom is -0.342 e. The van der Waals surface area contributed by atoms with E-state index in [-0.39, 0.29) is 32.5 Å². The first-order valence-electron chi connectivity index (χ1n) is 8.33. The Kier molecular flexibility index (Phi) is 4.88. The van der Waals surface area contributed by atoms with Gasteiger partial charge in [0.1, 0.15) is 0 Å². The number of amides is 1. The van der Waals surface area contributed by atoms with Crippen LogP contribution in [0.3, 0.4) is 0 Å². The van der Waals surface area contributed by atoms with Gasteiger partial charge in [-0.3, -0.25) is 19.1 Å². The van der Waals surface area contributed by atoms with Gasteiger partial charge in [-0.1, -0.05) is 12.1 Å². The maximum atomic E-state index is 12.9. The van der Waals surface area contributed by atoms with Crippen molar-refractivity contribution in [2.75, 3.05) is 13.1 Å². The molecule has 3 rings (SSSR count). The summed E-state index contributed by atoms with van der Waals surface area (Å²) in [6.45, 7) is -0.0710. The highest BCUT2D eigenvalue weighted by Gasteiger charge is 2.42. The van der Waals surface area contributed by atoms with Crippen LogP contribution in [-0.2, 0) is 11.3 Å². The predicted octanol–water partition coefficient (Wildman–Crippen LogP) is 1.88. The van der Waals surface area contributed by atoms with E-state index >= 15 is 0 Å². The zero-order chi connectivity index (χ0) is 18.9. The van der Waals surface area contributed by atoms with Gasteiger partial charge in [-0.15, -0.1) is 0 Å². The molecule has 1 amide bonds. The van der Waals surface area contributed by atoms with E-state index in [0.717, 1.165) is 0 Å². The number of halogens is 3. The number of carbonyl (C=O) groups is 1. The van der Waals surface area contributed by atoms with Crippen LogP contribution in [-0.4, -0.2) is 39.6 Å². The Labute approximate surface area is 146 Å². The Balaban J connectivity index is 1.75. The lowest BCUT2D eigenvalue weighted by atomic mass is 9.97. The number of nitrogens with one attached hydrogen (secondary N) is 1. The molecular weight excluding hydrogens is 351 g/mol. The molecule has 0 spiro atoms. The molecule has 1 atom stereocenters. The van der Waals surface area contributed by atoms with Gasteiger partial charge in [0.25, 0.3) is 5.56 Å². The molecule has 140 valence electrons. The third-order valence-corrected chi connectivity index (χ3v) is 4.69. The quantitative estimate of drug-likeness (QED) is 0.898. The molecule has 1 fully saturated rings. The molecule has 1 aliphatic rings. The molecule has 2 heterocycles. The van der Waals surface area contributed by atoms with Crippen LogP contribution in [0.1, 0.15) is 19.3 Å². The zero-order valence-corrected chi connectivity index (χ0v) is 13.9. The molecular formula is C17H18F3N3O3. The fraction of sp³-hybridized carbons (Fsp3) is 0.471. The van der Waals surface area contributed by atoms with E-state index in [9.17, 15) is 27.6 Å². The summed E-state index contributed by atoms with van der Waals surface area (Å²) in [4.78, 5) is 39.6. The Hall–Kier alpha value is -2.58. The van der Waals surface area contributed by atoms with Crippen LogP contribution < -0.4 is 11.2 Å². The molecule has 1 aliphatic heterocycles. The second kappa shape index (κ2) is 6.97. The molecule has 1 aromatic heterocycles. The first-order valence-corrected chi connectivity index (χ1v) is 8.33. The molecule has 0 aliphatic carbocycles. The van der Waals surface area contributed by atoms with Crippen LogP contribution in [0, 0.1) is 5.92 Å². The van der Waals surface area contributed by atoms with Gasteiger partial charge in [-0.2, -0.15) is 13.2 Å². The second-order valence-corrected chi connectivity index (χ2v) is 6.40. The molecule has 0 bridgehead atoms. The standard InChI is InChI=1S/C17H18F3N3O3/c18-17(19,20)11-4-3-8-22(10-11)14(24)7-9-23-13-6-2-1-5-12(13)15(25)21-16(23)26/h1-2,5-6,11H,3-4,7-10H2,(H,21,25,26)/t11-/m1/s1. The van der Waals surface area contributed by atoms with Crippen molar-refractivity contribution in [3.63, 3.8) is 0 Å². The number of H-pyrrole nitrogens is 1. The Morgan fingerprint density at radius 2 is 1.96 bits per heavy atom. The van der Waals surface area contributed by atoms with Gasteiger partial charge in [-0.25, -0.2) is 4.79 Å². The monoisotopic (exact) mass is 369 g/mol. The summed E-state index contributed by atoms with van der Waals surface area (Å²) in [7, 11) is 0. The van der Waals surface area contributed by atoms with Crippen molar-refractivity contribution in [2.45, 2.75) is 32.0 Å². The van der Waals surface area contributed by atoms with E-state index in [0.29, 0.717) is 17.3 Å². The SMILES string of the molecule is O=C(CCn1c(=O)[nH]c(=O)c2ccccc21)N1CCC[C@@H](C(F)(F)F)C1. The molecule has 1 aromatic carbocycles. The van der Waals surface area contributed by atoms with Crippen molar-refractivity contribution in [1.29, 1.82) is 0 Å². The number of para-hydroxylation sites is 1. The number of likely N-dealkylation sites (tertiary alicyclic amines) is 1. The fourth-order valence-corrected chi connectivity index (χ4v) is 3.30. The number of benzene rings is 1. The van der Waals surface area contributed by atoms with Gasteiger partial charge < -0.3 is 4.90 Å². The van der Waals surface area contributed by atoms with Gasteiger partial charge >= 0.3 is 11.9 Å². The number of aromatic amines is 1. The average molecular weight is 369 g/mol. The van der Waals surface area contributed by atoms with Gasteiger partial charge in [0.05, 0.1) is 16.8 Å². The molecule has 0 radical (unpaired) electrons. The molecule has 1 N–H and O–H groups in total. The number of aromatic nitrogens is 2. The van der Waals surface area contributed by atoms with Gasteiger partial charge in [0, 0.05) is 26.1 Å². The van der Waals surface area contributed by atoms with Crippen LogP contribution >= 0.6 is 0 Å². The third kappa shape index (κ3) is 3.66. The minimum absolute atomic E-state index is 0.0118. The Morgan fingerprint density at radius 1 is 1.23 bits per heavy atom. The average Bonchev–Trinajstić information content (AvgIpc) is 2.60. The summed E-state index contributed by atoms with van der Waals surface area (Å²) in [6, 6.07) is 6.47. The van der Waals surface area contributed by atoms with E-state index in [2.05, 4.69) is 4.98 Å². The lowest BCUT2D eigenvalue weighted by Crippen LogP contribution is -2.45. The van der Waals surface area contributed by atoms with E-state index in [4.69, 9.17) is 0 Å². The lowest BCUT2D eigenvalue weighted by Gasteiger charge is -2.33. The summed E-state index contributed by atoms with van der Waals surface area (Å²) in [5.41, 5.74) is -0.772. The summed E-state index contributed by atoms with van der Waals surface area (Å²) in [6.07, 6.45) is -4.10. The zero-order valence-electron chi connectivity index (χ0n) is 13.9. The number of aryl methyl sites for hydroxylation is 1. The summed E-state index contributed by atoms with van der Waals surface area (Å²) in [5.74, 6) is -1.93. The van der Waals surface area contributed by atoms with Crippen molar-refractivity contribution in [1.82, 2.24) is 14.5 Å². The van der Waals surface area contributed by atoms with Crippen LogP contribution in [0.15, 0.2) is 33.9 Å². The van der Waals surface area contributed by atoms with Crippen molar-refractivity contribution >= 4 is 16.8 Å². The number of carbonyl (C=O) groups excluding carboxylic acids is 1. The highest BCUT2D eigenvalue weighted by Crippen LogP contribution is 2.33. The molecule has 6 nitrogen and oxygen atoms in total. The van der Waals surface area contributed by atoms with E-state index in [1.54, 1.807) is 24.3 Å². The van der Waals surface area contributed by atoms with Gasteiger partial charge in [0.15, 0.2) is 0 Å². The summed E-state index contributed by atoms with van der Waals surface area (Å²) < 4.78 is 39.9. The van der Waals surface area contributed by atoms with Gasteiger partial charge in [-0.05, 0) is 25.0 Å². The molecule has 1 saturated heterocycles. The van der Waals surface area contributed by atoms with Crippen molar-refractivity contribution in [2.24, 2.45) is 5.92 Å². The van der Waals surface area contributed by atoms with Crippen LogP contribution in [0.4, 0.5) is 13.2 Å². The van der Waals surface area contributed by atoms with Crippen molar-refractivity contribution in [3.05, 3.63) is 45.1 Å². The maximum absolute atomic E-state index is 12.9. The lowest BCUT2D eigenvalue weighted by molar-refractivity contribution is -0.188. The Morgan fingerprint density at radius 3 is 2.69 bits per heavy atom. The molecule has 9 heteroatoms. The highest BCUT2D eigenvalue weighted by molar-refractivity contribution is 5.79. The fourth-order valence-electron chi connectivity index (χ4n) is 3.30. The van der Waals surface area contributed by atoms with E-state index in [1.807, 2.05) is 0 Å². The largest absolute Gasteiger partial charge is 0.393 e. The normalized spacial score (nSPS) is 18.3. The van der Waals surface area contributed by atoms with Crippen molar-refractivity contribution < 1.29 is 18.0 Å². The molecule has 26 heavy (non-hydrogen) atoms. The summed E-state index contributed by atoms with van der Waals surface area (Å²) >= 11 is 0. The highest BCUT2D eigenvalue weighted by atomic mass is 19.4. The number of fused-ring (bicyclic) bond motifs is 1. The first-order chi connectivity index (χ1) is 12.3. The number of alkyl halides is 3. The van der Waals surface area contributed by atoms with Crippen molar-refractivity contribution in [3.8, 4) is 0 Å². The van der Waals surface area contributed by atoms with Crippen LogP contribution in [0.5, 0.6) is 0 Å². The maximum Gasteiger partial charge on any atom is 0.393 e. The molecule has 2 aromatic rings. The number of nitrogens with zero attached hydrogens (tertiary/aromatic N) is 2. The smallest absolute Gasteiger partial charge is 0.342 e. The molecule has 0 saturated carbocycles. The van der Waals surface area contributed by atoms with Gasteiger partial charge in [0.2, 0.25) is 5.91 Å². The summed E-state index contributed by atoms with van der Waals surface area (Å²) in [5, 5.41) is 0.314. The molecule has 0 unspecified atom stereocenters. The topological polar surface area (TPSA) is 75.2 Å². The van der Waals surface area contributed by atoms with Crippen LogP contribution in [0.25, 0.3) is 10.9 Å². The number of rotatable bonds is 3. The Bertz CT molecular complexity index is 932. The first kappa shape index (κ1) is 18.2. The second-order valence-electron chi connectivity index (χ2n) is 6.40. The third-order valence-electron chi connectivity index (χ3n) is 4.69. The predicted molar refractivity (Wildman–Crippen MR) is 88.8 cm³/mol. The number of hydrogen-bond acceptors (Lipinski definition) is 3. The van der Waals surface area contributed by atoms with E-state index < -0.39 is 29.3 Å². The minimum atomic E-state index is -4.31. The number of hydrogen-bond donors (Lipinski definition) is 1.